The Morgan fingerprint density at radius 1 is 1.02 bits per heavy atom. The fraction of sp³-hybridized carbons (Fsp3) is 0.394. The number of hydrogen-bond donors (Lipinski definition) is 0. The Labute approximate surface area is 256 Å². The van der Waals surface area contributed by atoms with Crippen LogP contribution in [0.15, 0.2) is 54.6 Å². The highest BCUT2D eigenvalue weighted by Crippen LogP contribution is 2.41. The molecule has 45 heavy (non-hydrogen) atoms. The Kier molecular flexibility index (Phi) is 7.25. The number of anilines is 1. The quantitative estimate of drug-likeness (QED) is 0.191. The Morgan fingerprint density at radius 3 is 2.58 bits per heavy atom. The monoisotopic (exact) mass is 621 g/mol. The number of benzene rings is 2. The zero-order valence-corrected chi connectivity index (χ0v) is 24.6. The van der Waals surface area contributed by atoms with Crippen molar-refractivity contribution >= 4 is 23.2 Å². The lowest BCUT2D eigenvalue weighted by Crippen LogP contribution is -2.39. The number of halogens is 4. The van der Waals surface area contributed by atoms with Crippen molar-refractivity contribution in [1.29, 1.82) is 0 Å². The van der Waals surface area contributed by atoms with E-state index in [1.165, 1.54) is 11.6 Å². The van der Waals surface area contributed by atoms with Gasteiger partial charge in [0.2, 0.25) is 0 Å². The summed E-state index contributed by atoms with van der Waals surface area (Å²) in [5, 5.41) is 4.70. The van der Waals surface area contributed by atoms with E-state index in [0.717, 1.165) is 30.5 Å². The SMILES string of the molecule is C[C@@H]1c2ccccc2CCN1C(=O)c1cc(C2CC2)n2nc(-c3ccc(N4CC[C@@H](COC(=O)C(F)(F)F)C4)cc3F)cc2n1. The van der Waals surface area contributed by atoms with Crippen LogP contribution in [0.3, 0.4) is 0 Å². The second-order valence-corrected chi connectivity index (χ2v) is 12.1. The predicted octanol–water partition coefficient (Wildman–Crippen LogP) is 6.10. The summed E-state index contributed by atoms with van der Waals surface area (Å²) in [5.41, 5.74) is 5.33. The highest BCUT2D eigenvalue weighted by atomic mass is 19.4. The minimum Gasteiger partial charge on any atom is -0.459 e. The highest BCUT2D eigenvalue weighted by Gasteiger charge is 2.41. The van der Waals surface area contributed by atoms with Gasteiger partial charge in [-0.15, -0.1) is 0 Å². The fourth-order valence-electron chi connectivity index (χ4n) is 6.49. The van der Waals surface area contributed by atoms with Crippen LogP contribution in [0.25, 0.3) is 16.9 Å². The van der Waals surface area contributed by atoms with Gasteiger partial charge in [0.25, 0.3) is 5.91 Å². The molecule has 8 nitrogen and oxygen atoms in total. The van der Waals surface area contributed by atoms with E-state index in [4.69, 9.17) is 10.1 Å². The third kappa shape index (κ3) is 5.62. The minimum atomic E-state index is -5.03. The number of amides is 1. The lowest BCUT2D eigenvalue weighted by Gasteiger charge is -2.35. The minimum absolute atomic E-state index is 0.0845. The molecule has 0 bridgehead atoms. The zero-order chi connectivity index (χ0) is 31.5. The molecular weight excluding hydrogens is 590 g/mol. The van der Waals surface area contributed by atoms with Gasteiger partial charge in [0.1, 0.15) is 11.5 Å². The molecule has 2 aromatic heterocycles. The van der Waals surface area contributed by atoms with Crippen LogP contribution >= 0.6 is 0 Å². The van der Waals surface area contributed by atoms with Crippen molar-refractivity contribution in [2.45, 2.75) is 50.7 Å². The molecule has 234 valence electrons. The number of esters is 1. The molecule has 7 rings (SSSR count). The van der Waals surface area contributed by atoms with Crippen LogP contribution in [0.1, 0.15) is 65.5 Å². The molecule has 0 unspecified atom stereocenters. The van der Waals surface area contributed by atoms with Crippen molar-refractivity contribution in [3.05, 3.63) is 82.9 Å². The zero-order valence-electron chi connectivity index (χ0n) is 24.6. The first-order valence-corrected chi connectivity index (χ1v) is 15.1. The van der Waals surface area contributed by atoms with Crippen LogP contribution in [0.2, 0.25) is 0 Å². The van der Waals surface area contributed by atoms with Gasteiger partial charge >= 0.3 is 12.1 Å². The van der Waals surface area contributed by atoms with Gasteiger partial charge in [-0.2, -0.15) is 18.3 Å². The van der Waals surface area contributed by atoms with E-state index in [1.54, 1.807) is 22.7 Å². The summed E-state index contributed by atoms with van der Waals surface area (Å²) >= 11 is 0. The summed E-state index contributed by atoms with van der Waals surface area (Å²) < 4.78 is 59.0. The molecule has 1 saturated heterocycles. The number of carbonyl (C=O) groups excluding carboxylic acids is 2. The van der Waals surface area contributed by atoms with Crippen LogP contribution in [0.4, 0.5) is 23.2 Å². The third-order valence-corrected chi connectivity index (χ3v) is 9.09. The first kappa shape index (κ1) is 29.2. The van der Waals surface area contributed by atoms with Crippen molar-refractivity contribution in [2.24, 2.45) is 5.92 Å². The first-order chi connectivity index (χ1) is 21.6. The lowest BCUT2D eigenvalue weighted by molar-refractivity contribution is -0.200. The fourth-order valence-corrected chi connectivity index (χ4v) is 6.49. The number of nitrogens with zero attached hydrogens (tertiary/aromatic N) is 5. The Balaban J connectivity index is 1.11. The summed E-state index contributed by atoms with van der Waals surface area (Å²) in [5.74, 6) is -2.89. The molecule has 2 atom stereocenters. The van der Waals surface area contributed by atoms with Crippen LogP contribution < -0.4 is 4.90 Å². The molecule has 2 fully saturated rings. The summed E-state index contributed by atoms with van der Waals surface area (Å²) in [6.45, 7) is 3.12. The Hall–Kier alpha value is -4.48. The molecule has 4 aromatic rings. The molecule has 4 heterocycles. The molecule has 1 amide bonds. The standard InChI is InChI=1S/C33H31F4N5O3/c1-19-24-5-3-2-4-21(24)11-13-41(19)31(43)28-15-29(22-6-7-22)42-30(38-28)16-27(39-42)25-9-8-23(14-26(25)34)40-12-10-20(17-40)18-45-32(44)33(35,36)37/h2-5,8-9,14-16,19-20,22H,6-7,10-13,17-18H2,1H3/t19-,20-/m1/s1. The molecule has 0 radical (unpaired) electrons. The normalized spacial score (nSPS) is 20.0. The lowest BCUT2D eigenvalue weighted by atomic mass is 9.93. The van der Waals surface area contributed by atoms with Crippen molar-refractivity contribution < 1.29 is 31.9 Å². The number of aromatic nitrogens is 3. The van der Waals surface area contributed by atoms with Gasteiger partial charge in [-0.1, -0.05) is 24.3 Å². The van der Waals surface area contributed by atoms with E-state index < -0.39 is 18.0 Å². The smallest absolute Gasteiger partial charge is 0.459 e. The number of hydrogen-bond acceptors (Lipinski definition) is 6. The maximum atomic E-state index is 15.5. The van der Waals surface area contributed by atoms with Gasteiger partial charge in [0.05, 0.1) is 18.3 Å². The molecule has 0 N–H and O–H groups in total. The summed E-state index contributed by atoms with van der Waals surface area (Å²) in [6, 6.07) is 16.3. The topological polar surface area (TPSA) is 80.0 Å². The van der Waals surface area contributed by atoms with Gasteiger partial charge in [0.15, 0.2) is 5.65 Å². The van der Waals surface area contributed by atoms with E-state index >= 15 is 4.39 Å². The summed E-state index contributed by atoms with van der Waals surface area (Å²) in [6.07, 6.45) is -1.78. The summed E-state index contributed by atoms with van der Waals surface area (Å²) in [7, 11) is 0. The average molecular weight is 622 g/mol. The maximum absolute atomic E-state index is 15.5. The van der Waals surface area contributed by atoms with E-state index in [1.807, 2.05) is 34.9 Å². The van der Waals surface area contributed by atoms with E-state index in [9.17, 15) is 22.8 Å². The van der Waals surface area contributed by atoms with Gasteiger partial charge in [-0.3, -0.25) is 4.79 Å². The number of alkyl halides is 3. The molecule has 3 aliphatic rings. The van der Waals surface area contributed by atoms with Gasteiger partial charge in [-0.25, -0.2) is 18.7 Å². The predicted molar refractivity (Wildman–Crippen MR) is 157 cm³/mol. The molecule has 0 spiro atoms. The van der Waals surface area contributed by atoms with Gasteiger partial charge in [0, 0.05) is 54.5 Å². The third-order valence-electron chi connectivity index (χ3n) is 9.09. The van der Waals surface area contributed by atoms with E-state index in [-0.39, 0.29) is 36.0 Å². The van der Waals surface area contributed by atoms with E-state index in [2.05, 4.69) is 16.9 Å². The molecule has 1 saturated carbocycles. The molecule has 1 aliphatic carbocycles. The van der Waals surface area contributed by atoms with Crippen molar-refractivity contribution in [1.82, 2.24) is 19.5 Å². The molecule has 2 aliphatic heterocycles. The number of fused-ring (bicyclic) bond motifs is 2. The maximum Gasteiger partial charge on any atom is 0.490 e. The van der Waals surface area contributed by atoms with Crippen molar-refractivity contribution in [3.8, 4) is 11.3 Å². The first-order valence-electron chi connectivity index (χ1n) is 15.1. The second-order valence-electron chi connectivity index (χ2n) is 12.1. The molecule has 12 heteroatoms. The second kappa shape index (κ2) is 11.1. The van der Waals surface area contributed by atoms with Crippen LogP contribution in [0, 0.1) is 11.7 Å². The van der Waals surface area contributed by atoms with Crippen molar-refractivity contribution in [3.63, 3.8) is 0 Å². The van der Waals surface area contributed by atoms with Crippen LogP contribution in [0.5, 0.6) is 0 Å². The van der Waals surface area contributed by atoms with Gasteiger partial charge in [-0.05, 0) is 68.0 Å². The van der Waals surface area contributed by atoms with E-state index in [0.29, 0.717) is 48.8 Å². The number of ether oxygens (including phenoxy) is 1. The largest absolute Gasteiger partial charge is 0.490 e. The molecule has 2 aromatic carbocycles. The molecular formula is C33H31F4N5O3. The average Bonchev–Trinajstić information content (AvgIpc) is 3.60. The number of carbonyl (C=O) groups is 2. The van der Waals surface area contributed by atoms with Crippen LogP contribution in [-0.2, 0) is 16.0 Å². The van der Waals surface area contributed by atoms with Crippen molar-refractivity contribution in [2.75, 3.05) is 31.1 Å². The summed E-state index contributed by atoms with van der Waals surface area (Å²) in [4.78, 5) is 33.2. The number of rotatable bonds is 6. The Bertz CT molecular complexity index is 1800. The van der Waals surface area contributed by atoms with Gasteiger partial charge < -0.3 is 14.5 Å². The van der Waals surface area contributed by atoms with Crippen LogP contribution in [-0.4, -0.2) is 63.8 Å². The Morgan fingerprint density at radius 2 is 1.82 bits per heavy atom. The highest BCUT2D eigenvalue weighted by molar-refractivity contribution is 5.93.